The molecule has 3 aromatic rings. The summed E-state index contributed by atoms with van der Waals surface area (Å²) in [4.78, 5) is 14.7. The first-order valence-electron chi connectivity index (χ1n) is 7.29. The lowest BCUT2D eigenvalue weighted by Crippen LogP contribution is -2.17. The summed E-state index contributed by atoms with van der Waals surface area (Å²) in [6, 6.07) is 6.48. The van der Waals surface area contributed by atoms with Crippen molar-refractivity contribution in [2.75, 3.05) is 0 Å². The summed E-state index contributed by atoms with van der Waals surface area (Å²) in [5.41, 5.74) is 0.788. The van der Waals surface area contributed by atoms with Crippen LogP contribution in [0.5, 0.6) is 11.6 Å². The minimum Gasteiger partial charge on any atom is -0.449 e. The van der Waals surface area contributed by atoms with E-state index in [2.05, 4.69) is 35.5 Å². The van der Waals surface area contributed by atoms with Gasteiger partial charge in [0.25, 0.3) is 0 Å². The van der Waals surface area contributed by atoms with E-state index in [-0.39, 0.29) is 22.2 Å². The van der Waals surface area contributed by atoms with Gasteiger partial charge >= 0.3 is 12.5 Å². The molecule has 1 N–H and O–H groups in total. The number of carbonyl (C=O) groups is 1. The standard InChI is InChI=1S/C16H8BrClF3N3O4/c17-9-1-8(2-12(3-9)28-16(19,20)21)13-5-14(27-15(25)26)23-24(13)11-4-10(18)6-22-7-11/h1-7H,(H,25,26). The summed E-state index contributed by atoms with van der Waals surface area (Å²) in [6.07, 6.45) is -3.72. The quantitative estimate of drug-likeness (QED) is 0.512. The first-order chi connectivity index (χ1) is 13.1. The lowest BCUT2D eigenvalue weighted by Gasteiger charge is -2.12. The molecule has 2 aromatic heterocycles. The summed E-state index contributed by atoms with van der Waals surface area (Å²) in [5, 5.41) is 13.1. The Morgan fingerprint density at radius 3 is 2.57 bits per heavy atom. The first kappa shape index (κ1) is 20.0. The summed E-state index contributed by atoms with van der Waals surface area (Å²) in [6.45, 7) is 0. The molecule has 28 heavy (non-hydrogen) atoms. The summed E-state index contributed by atoms with van der Waals surface area (Å²) >= 11 is 9.05. The number of hydrogen-bond donors (Lipinski definition) is 1. The average molecular weight is 479 g/mol. The Morgan fingerprint density at radius 2 is 1.93 bits per heavy atom. The van der Waals surface area contributed by atoms with E-state index in [9.17, 15) is 18.0 Å². The molecular formula is C16H8BrClF3N3O4. The van der Waals surface area contributed by atoms with Gasteiger partial charge in [-0.15, -0.1) is 18.3 Å². The zero-order chi connectivity index (χ0) is 20.5. The molecule has 0 fully saturated rings. The van der Waals surface area contributed by atoms with E-state index in [1.54, 1.807) is 0 Å². The average Bonchev–Trinajstić information content (AvgIpc) is 2.95. The van der Waals surface area contributed by atoms with Crippen LogP contribution < -0.4 is 9.47 Å². The van der Waals surface area contributed by atoms with Crippen LogP contribution in [-0.4, -0.2) is 32.4 Å². The number of ether oxygens (including phenoxy) is 2. The molecule has 0 radical (unpaired) electrons. The molecule has 0 unspecified atom stereocenters. The molecular weight excluding hydrogens is 471 g/mol. The Morgan fingerprint density at radius 1 is 1.18 bits per heavy atom. The summed E-state index contributed by atoms with van der Waals surface area (Å²) < 4.78 is 47.8. The normalized spacial score (nSPS) is 11.3. The van der Waals surface area contributed by atoms with Gasteiger partial charge in [-0.3, -0.25) is 4.98 Å². The van der Waals surface area contributed by atoms with Crippen LogP contribution in [0.4, 0.5) is 18.0 Å². The number of hydrogen-bond acceptors (Lipinski definition) is 5. The molecule has 1 aromatic carbocycles. The van der Waals surface area contributed by atoms with Crippen molar-refractivity contribution in [3.05, 3.63) is 52.2 Å². The summed E-state index contributed by atoms with van der Waals surface area (Å²) in [5.74, 6) is -0.768. The monoisotopic (exact) mass is 477 g/mol. The Kier molecular flexibility index (Phi) is 5.47. The van der Waals surface area contributed by atoms with E-state index in [0.717, 1.165) is 12.1 Å². The van der Waals surface area contributed by atoms with E-state index in [1.807, 2.05) is 0 Å². The van der Waals surface area contributed by atoms with Crippen molar-refractivity contribution in [2.45, 2.75) is 6.36 Å². The number of carboxylic acid groups (broad SMARTS) is 1. The maximum Gasteiger partial charge on any atom is 0.573 e. The predicted octanol–water partition coefficient (Wildman–Crippen LogP) is 5.31. The van der Waals surface area contributed by atoms with Gasteiger partial charge in [-0.05, 0) is 24.3 Å². The van der Waals surface area contributed by atoms with Crippen LogP contribution in [0, 0.1) is 0 Å². The largest absolute Gasteiger partial charge is 0.573 e. The molecule has 7 nitrogen and oxygen atoms in total. The summed E-state index contributed by atoms with van der Waals surface area (Å²) in [7, 11) is 0. The molecule has 0 aliphatic carbocycles. The third-order valence-electron chi connectivity index (χ3n) is 3.21. The Labute approximate surface area is 168 Å². The molecule has 0 aliphatic heterocycles. The SMILES string of the molecule is O=C(O)Oc1cc(-c2cc(Br)cc(OC(F)(F)F)c2)n(-c2cncc(Cl)c2)n1. The minimum absolute atomic E-state index is 0.216. The molecule has 0 aliphatic rings. The molecule has 0 bridgehead atoms. The van der Waals surface area contributed by atoms with Crippen LogP contribution in [0.2, 0.25) is 5.02 Å². The second-order valence-corrected chi connectivity index (χ2v) is 6.58. The maximum atomic E-state index is 12.6. The van der Waals surface area contributed by atoms with E-state index in [4.69, 9.17) is 16.7 Å². The molecule has 0 spiro atoms. The molecule has 0 saturated carbocycles. The zero-order valence-electron chi connectivity index (χ0n) is 13.4. The topological polar surface area (TPSA) is 86.5 Å². The van der Waals surface area contributed by atoms with E-state index >= 15 is 0 Å². The van der Waals surface area contributed by atoms with E-state index < -0.39 is 18.3 Å². The Hall–Kier alpha value is -2.79. The molecule has 12 heteroatoms. The van der Waals surface area contributed by atoms with Crippen molar-refractivity contribution in [2.24, 2.45) is 0 Å². The first-order valence-corrected chi connectivity index (χ1v) is 8.46. The number of rotatable bonds is 4. The van der Waals surface area contributed by atoms with E-state index in [1.165, 1.54) is 35.3 Å². The lowest BCUT2D eigenvalue weighted by molar-refractivity contribution is -0.274. The van der Waals surface area contributed by atoms with Gasteiger partial charge in [0.2, 0.25) is 5.88 Å². The highest BCUT2D eigenvalue weighted by Crippen LogP contribution is 2.34. The lowest BCUT2D eigenvalue weighted by atomic mass is 10.1. The smallest absolute Gasteiger partial charge is 0.449 e. The second kappa shape index (κ2) is 7.68. The van der Waals surface area contributed by atoms with Crippen molar-refractivity contribution in [3.63, 3.8) is 0 Å². The van der Waals surface area contributed by atoms with E-state index in [0.29, 0.717) is 10.2 Å². The fourth-order valence-corrected chi connectivity index (χ4v) is 2.96. The fraction of sp³-hybridized carbons (Fsp3) is 0.0625. The van der Waals surface area contributed by atoms with Crippen molar-refractivity contribution < 1.29 is 32.5 Å². The maximum absolute atomic E-state index is 12.6. The van der Waals surface area contributed by atoms with Crippen LogP contribution in [0.25, 0.3) is 16.9 Å². The van der Waals surface area contributed by atoms with Gasteiger partial charge in [0.15, 0.2) is 0 Å². The highest BCUT2D eigenvalue weighted by Gasteiger charge is 2.31. The second-order valence-electron chi connectivity index (χ2n) is 5.23. The highest BCUT2D eigenvalue weighted by molar-refractivity contribution is 9.10. The van der Waals surface area contributed by atoms with Gasteiger partial charge < -0.3 is 14.6 Å². The third kappa shape index (κ3) is 4.93. The minimum atomic E-state index is -4.88. The van der Waals surface area contributed by atoms with Gasteiger partial charge in [-0.25, -0.2) is 9.48 Å². The predicted molar refractivity (Wildman–Crippen MR) is 94.8 cm³/mol. The molecule has 2 heterocycles. The van der Waals surface area contributed by atoms with Crippen LogP contribution >= 0.6 is 27.5 Å². The van der Waals surface area contributed by atoms with Gasteiger partial charge in [0, 0.05) is 22.3 Å². The zero-order valence-corrected chi connectivity index (χ0v) is 15.8. The van der Waals surface area contributed by atoms with Crippen LogP contribution in [0.3, 0.4) is 0 Å². The van der Waals surface area contributed by atoms with Gasteiger partial charge in [0.05, 0.1) is 22.6 Å². The number of nitrogens with zero attached hydrogens (tertiary/aromatic N) is 3. The molecule has 0 saturated heterocycles. The molecule has 3 rings (SSSR count). The van der Waals surface area contributed by atoms with Gasteiger partial charge in [-0.2, -0.15) is 0 Å². The van der Waals surface area contributed by atoms with Crippen LogP contribution in [0.15, 0.2) is 47.2 Å². The Bertz CT molecular complexity index is 1040. The van der Waals surface area contributed by atoms with Crippen molar-refractivity contribution in [1.82, 2.24) is 14.8 Å². The number of halogens is 5. The molecule has 0 atom stereocenters. The number of pyridine rings is 1. The molecule has 146 valence electrons. The number of benzene rings is 1. The van der Waals surface area contributed by atoms with Crippen LogP contribution in [0.1, 0.15) is 0 Å². The third-order valence-corrected chi connectivity index (χ3v) is 3.88. The highest BCUT2D eigenvalue weighted by atomic mass is 79.9. The fourth-order valence-electron chi connectivity index (χ4n) is 2.32. The van der Waals surface area contributed by atoms with Crippen molar-refractivity contribution in [1.29, 1.82) is 0 Å². The molecule has 0 amide bonds. The van der Waals surface area contributed by atoms with Crippen LogP contribution in [-0.2, 0) is 0 Å². The Balaban J connectivity index is 2.15. The number of alkyl halides is 3. The van der Waals surface area contributed by atoms with Gasteiger partial charge in [0.1, 0.15) is 5.75 Å². The number of aromatic nitrogens is 3. The van der Waals surface area contributed by atoms with Crippen molar-refractivity contribution in [3.8, 4) is 28.6 Å². The van der Waals surface area contributed by atoms with Crippen molar-refractivity contribution >= 4 is 33.7 Å². The van der Waals surface area contributed by atoms with Gasteiger partial charge in [-0.1, -0.05) is 27.5 Å².